The molecular weight excluding hydrogens is 204 g/mol. The number of ether oxygens (including phenoxy) is 1. The number of aromatic nitrogens is 1. The molecule has 1 amide bonds. The fourth-order valence-corrected chi connectivity index (χ4v) is 1.67. The molecule has 1 aromatic heterocycles. The van der Waals surface area contributed by atoms with E-state index in [-0.39, 0.29) is 0 Å². The van der Waals surface area contributed by atoms with Crippen molar-refractivity contribution in [3.8, 4) is 5.75 Å². The van der Waals surface area contributed by atoms with Gasteiger partial charge in [-0.1, -0.05) is 0 Å². The summed E-state index contributed by atoms with van der Waals surface area (Å²) >= 11 is 0. The van der Waals surface area contributed by atoms with Gasteiger partial charge in [0.25, 0.3) is 0 Å². The third-order valence-corrected chi connectivity index (χ3v) is 2.41. The number of nitrogens with zero attached hydrogens (tertiary/aromatic N) is 1. The molecule has 4 heteroatoms. The number of aryl methyl sites for hydroxylation is 1. The van der Waals surface area contributed by atoms with Gasteiger partial charge in [0.1, 0.15) is 5.75 Å². The topological polar surface area (TPSA) is 65.2 Å². The number of primary amides is 1. The molecule has 0 unspecified atom stereocenters. The standard InChI is InChI=1S/C12H12N2O2/c1-7-5-10(12(13)15)9-4-3-8(16-2)6-11(9)14-7/h3-6H,1-2H3,(H2,13,15). The van der Waals surface area contributed by atoms with Gasteiger partial charge < -0.3 is 10.5 Å². The van der Waals surface area contributed by atoms with Gasteiger partial charge in [-0.2, -0.15) is 0 Å². The van der Waals surface area contributed by atoms with Crippen LogP contribution in [-0.4, -0.2) is 18.0 Å². The molecule has 4 nitrogen and oxygen atoms in total. The van der Waals surface area contributed by atoms with Gasteiger partial charge in [0.2, 0.25) is 5.91 Å². The highest BCUT2D eigenvalue weighted by Gasteiger charge is 2.09. The fraction of sp³-hybridized carbons (Fsp3) is 0.167. The van der Waals surface area contributed by atoms with Crippen LogP contribution in [0.4, 0.5) is 0 Å². The van der Waals surface area contributed by atoms with Crippen LogP contribution >= 0.6 is 0 Å². The highest BCUT2D eigenvalue weighted by atomic mass is 16.5. The van der Waals surface area contributed by atoms with Crippen LogP contribution in [0.15, 0.2) is 24.3 Å². The maximum Gasteiger partial charge on any atom is 0.249 e. The van der Waals surface area contributed by atoms with Crippen molar-refractivity contribution in [1.82, 2.24) is 4.98 Å². The molecule has 0 aliphatic carbocycles. The van der Waals surface area contributed by atoms with Crippen molar-refractivity contribution >= 4 is 16.8 Å². The van der Waals surface area contributed by atoms with Gasteiger partial charge in [0.05, 0.1) is 18.2 Å². The average Bonchev–Trinajstić information content (AvgIpc) is 2.26. The number of hydrogen-bond donors (Lipinski definition) is 1. The zero-order valence-electron chi connectivity index (χ0n) is 9.15. The number of amides is 1. The molecule has 2 N–H and O–H groups in total. The van der Waals surface area contributed by atoms with Crippen LogP contribution in [-0.2, 0) is 0 Å². The van der Waals surface area contributed by atoms with E-state index in [1.807, 2.05) is 6.92 Å². The van der Waals surface area contributed by atoms with Gasteiger partial charge in [0, 0.05) is 17.1 Å². The summed E-state index contributed by atoms with van der Waals surface area (Å²) in [6, 6.07) is 7.05. The summed E-state index contributed by atoms with van der Waals surface area (Å²) in [5, 5.41) is 0.749. The Kier molecular flexibility index (Phi) is 2.48. The molecule has 0 saturated heterocycles. The molecule has 0 aliphatic rings. The predicted octanol–water partition coefficient (Wildman–Crippen LogP) is 1.65. The lowest BCUT2D eigenvalue weighted by Gasteiger charge is -2.06. The monoisotopic (exact) mass is 216 g/mol. The van der Waals surface area contributed by atoms with Crippen LogP contribution < -0.4 is 10.5 Å². The zero-order valence-corrected chi connectivity index (χ0v) is 9.15. The lowest BCUT2D eigenvalue weighted by atomic mass is 10.1. The number of rotatable bonds is 2. The second kappa shape index (κ2) is 3.81. The van der Waals surface area contributed by atoms with E-state index in [0.29, 0.717) is 16.8 Å². The number of fused-ring (bicyclic) bond motifs is 1. The summed E-state index contributed by atoms with van der Waals surface area (Å²) in [5.74, 6) is 0.265. The number of benzene rings is 1. The molecule has 2 rings (SSSR count). The summed E-state index contributed by atoms with van der Waals surface area (Å²) in [6.07, 6.45) is 0. The van der Waals surface area contributed by atoms with Crippen molar-refractivity contribution in [1.29, 1.82) is 0 Å². The van der Waals surface area contributed by atoms with E-state index in [9.17, 15) is 4.79 Å². The van der Waals surface area contributed by atoms with Crippen molar-refractivity contribution < 1.29 is 9.53 Å². The first-order chi connectivity index (χ1) is 7.61. The van der Waals surface area contributed by atoms with Gasteiger partial charge in [-0.3, -0.25) is 9.78 Å². The molecule has 0 aliphatic heterocycles. The molecule has 0 saturated carbocycles. The number of hydrogen-bond acceptors (Lipinski definition) is 3. The maximum absolute atomic E-state index is 11.3. The zero-order chi connectivity index (χ0) is 11.7. The molecule has 1 aromatic carbocycles. The molecule has 0 bridgehead atoms. The van der Waals surface area contributed by atoms with Crippen molar-refractivity contribution in [2.24, 2.45) is 5.73 Å². The van der Waals surface area contributed by atoms with Gasteiger partial charge in [-0.25, -0.2) is 0 Å². The van der Waals surface area contributed by atoms with Crippen LogP contribution in [0.25, 0.3) is 10.9 Å². The van der Waals surface area contributed by atoms with Crippen LogP contribution in [0.2, 0.25) is 0 Å². The molecule has 0 fully saturated rings. The summed E-state index contributed by atoms with van der Waals surface area (Å²) in [7, 11) is 1.59. The Morgan fingerprint density at radius 1 is 1.38 bits per heavy atom. The molecule has 1 heterocycles. The molecule has 0 radical (unpaired) electrons. The Labute approximate surface area is 93.0 Å². The smallest absolute Gasteiger partial charge is 0.249 e. The highest BCUT2D eigenvalue weighted by molar-refractivity contribution is 6.05. The molecule has 82 valence electrons. The second-order valence-electron chi connectivity index (χ2n) is 3.56. The largest absolute Gasteiger partial charge is 0.497 e. The summed E-state index contributed by atoms with van der Waals surface area (Å²) < 4.78 is 5.11. The van der Waals surface area contributed by atoms with E-state index < -0.39 is 5.91 Å². The van der Waals surface area contributed by atoms with Gasteiger partial charge in [-0.15, -0.1) is 0 Å². The van der Waals surface area contributed by atoms with E-state index in [1.54, 1.807) is 31.4 Å². The number of carbonyl (C=O) groups excluding carboxylic acids is 1. The van der Waals surface area contributed by atoms with Crippen LogP contribution in [0.5, 0.6) is 5.75 Å². The van der Waals surface area contributed by atoms with Crippen LogP contribution in [0.3, 0.4) is 0 Å². The number of carbonyl (C=O) groups is 1. The minimum absolute atomic E-state index is 0.444. The van der Waals surface area contributed by atoms with Crippen molar-refractivity contribution in [2.45, 2.75) is 6.92 Å². The predicted molar refractivity (Wildman–Crippen MR) is 61.5 cm³/mol. The number of methoxy groups -OCH3 is 1. The third-order valence-electron chi connectivity index (χ3n) is 2.41. The first-order valence-corrected chi connectivity index (χ1v) is 4.87. The summed E-state index contributed by atoms with van der Waals surface area (Å²) in [4.78, 5) is 15.6. The van der Waals surface area contributed by atoms with Gasteiger partial charge in [0.15, 0.2) is 0 Å². The maximum atomic E-state index is 11.3. The Balaban J connectivity index is 2.78. The summed E-state index contributed by atoms with van der Waals surface area (Å²) in [5.41, 5.74) is 7.29. The van der Waals surface area contributed by atoms with Crippen molar-refractivity contribution in [3.05, 3.63) is 35.5 Å². The highest BCUT2D eigenvalue weighted by Crippen LogP contribution is 2.22. The van der Waals surface area contributed by atoms with Gasteiger partial charge >= 0.3 is 0 Å². The van der Waals surface area contributed by atoms with Crippen LogP contribution in [0.1, 0.15) is 16.1 Å². The average molecular weight is 216 g/mol. The molecule has 2 aromatic rings. The van der Waals surface area contributed by atoms with Crippen molar-refractivity contribution in [3.63, 3.8) is 0 Å². The third kappa shape index (κ3) is 1.69. The van der Waals surface area contributed by atoms with Crippen LogP contribution in [0, 0.1) is 6.92 Å². The molecule has 0 spiro atoms. The first-order valence-electron chi connectivity index (χ1n) is 4.87. The van der Waals surface area contributed by atoms with E-state index in [1.165, 1.54) is 0 Å². The Bertz CT molecular complexity index is 564. The first kappa shape index (κ1) is 10.4. The molecule has 16 heavy (non-hydrogen) atoms. The second-order valence-corrected chi connectivity index (χ2v) is 3.56. The van der Waals surface area contributed by atoms with E-state index in [4.69, 9.17) is 10.5 Å². The van der Waals surface area contributed by atoms with E-state index in [2.05, 4.69) is 4.98 Å². The fourth-order valence-electron chi connectivity index (χ4n) is 1.67. The van der Waals surface area contributed by atoms with E-state index >= 15 is 0 Å². The number of pyridine rings is 1. The Hall–Kier alpha value is -2.10. The summed E-state index contributed by atoms with van der Waals surface area (Å²) in [6.45, 7) is 1.82. The van der Waals surface area contributed by atoms with E-state index in [0.717, 1.165) is 11.1 Å². The minimum Gasteiger partial charge on any atom is -0.497 e. The molecular formula is C12H12N2O2. The Morgan fingerprint density at radius 2 is 2.12 bits per heavy atom. The molecule has 0 atom stereocenters. The minimum atomic E-state index is -0.444. The SMILES string of the molecule is COc1ccc2c(C(N)=O)cc(C)nc2c1. The normalized spacial score (nSPS) is 10.4. The van der Waals surface area contributed by atoms with Crippen molar-refractivity contribution in [2.75, 3.05) is 7.11 Å². The number of nitrogens with two attached hydrogens (primary N) is 1. The Morgan fingerprint density at radius 3 is 2.75 bits per heavy atom. The quantitative estimate of drug-likeness (QED) is 0.830. The lowest BCUT2D eigenvalue weighted by molar-refractivity contribution is 0.100. The van der Waals surface area contributed by atoms with Gasteiger partial charge in [-0.05, 0) is 25.1 Å². The lowest BCUT2D eigenvalue weighted by Crippen LogP contribution is -2.12.